The van der Waals surface area contributed by atoms with Crippen LogP contribution in [0.1, 0.15) is 43.7 Å². The number of nitro groups is 1. The van der Waals surface area contributed by atoms with Crippen molar-refractivity contribution in [1.82, 2.24) is 4.98 Å². The van der Waals surface area contributed by atoms with E-state index >= 15 is 0 Å². The Morgan fingerprint density at radius 3 is 2.53 bits per heavy atom. The number of non-ortho nitro benzene ring substituents is 1. The standard InChI is InChI=1S/C26H24N2O5S/c1-2-13-7-9-17(33-26-27-19-10-8-16(28(31)32)11-20(19)34-26)12-18(13)23-24(29)21-14-3-4-15(6-5-14)22(21)25(23)30/h7-12,14-15,21-22,29H,2-6H2,1H3/t14-,15+,21?,22?. The van der Waals surface area contributed by atoms with Gasteiger partial charge in [-0.25, -0.2) is 4.98 Å². The lowest BCUT2D eigenvalue weighted by Gasteiger charge is -2.44. The maximum atomic E-state index is 13.6. The zero-order valence-corrected chi connectivity index (χ0v) is 19.5. The number of fused-ring (bicyclic) bond motifs is 3. The van der Waals surface area contributed by atoms with Crippen LogP contribution in [0.15, 0.2) is 42.2 Å². The molecule has 3 saturated carbocycles. The van der Waals surface area contributed by atoms with E-state index in [1.165, 1.54) is 23.5 Å². The highest BCUT2D eigenvalue weighted by molar-refractivity contribution is 7.20. The minimum absolute atomic E-state index is 0.00915. The Morgan fingerprint density at radius 2 is 1.85 bits per heavy atom. The predicted molar refractivity (Wildman–Crippen MR) is 129 cm³/mol. The third-order valence-corrected chi connectivity index (χ3v) is 8.74. The van der Waals surface area contributed by atoms with Gasteiger partial charge in [-0.2, -0.15) is 0 Å². The van der Waals surface area contributed by atoms with Gasteiger partial charge in [0.05, 0.1) is 20.7 Å². The molecule has 7 nitrogen and oxygen atoms in total. The minimum atomic E-state index is -0.432. The summed E-state index contributed by atoms with van der Waals surface area (Å²) in [5.74, 6) is 1.51. The van der Waals surface area contributed by atoms with Crippen LogP contribution in [0, 0.1) is 33.8 Å². The largest absolute Gasteiger partial charge is 0.511 e. The van der Waals surface area contributed by atoms with Crippen molar-refractivity contribution < 1.29 is 19.6 Å². The third kappa shape index (κ3) is 3.23. The van der Waals surface area contributed by atoms with E-state index in [0.29, 0.717) is 38.6 Å². The van der Waals surface area contributed by atoms with Crippen molar-refractivity contribution in [2.45, 2.75) is 39.0 Å². The summed E-state index contributed by atoms with van der Waals surface area (Å²) >= 11 is 1.23. The van der Waals surface area contributed by atoms with E-state index < -0.39 is 4.92 Å². The van der Waals surface area contributed by atoms with E-state index in [4.69, 9.17) is 4.74 Å². The number of nitrogens with zero attached hydrogens (tertiary/aromatic N) is 2. The molecule has 0 spiro atoms. The highest BCUT2D eigenvalue weighted by Crippen LogP contribution is 2.57. The van der Waals surface area contributed by atoms with Crippen molar-refractivity contribution in [3.8, 4) is 10.9 Å². The number of carbonyl (C=O) groups is 1. The lowest BCUT2D eigenvalue weighted by molar-refractivity contribution is -0.384. The zero-order valence-electron chi connectivity index (χ0n) is 18.7. The number of hydrogen-bond donors (Lipinski definition) is 1. The van der Waals surface area contributed by atoms with E-state index in [2.05, 4.69) is 4.98 Å². The zero-order chi connectivity index (χ0) is 23.6. The van der Waals surface area contributed by atoms with E-state index in [0.717, 1.165) is 43.2 Å². The number of carbonyl (C=O) groups excluding carboxylic acids is 1. The summed E-state index contributed by atoms with van der Waals surface area (Å²) in [6, 6.07) is 10.1. The highest BCUT2D eigenvalue weighted by atomic mass is 32.1. The molecule has 2 atom stereocenters. The molecule has 3 fully saturated rings. The quantitative estimate of drug-likeness (QED) is 0.335. The second-order valence-corrected chi connectivity index (χ2v) is 10.5. The van der Waals surface area contributed by atoms with Crippen LogP contribution in [0.5, 0.6) is 10.9 Å². The predicted octanol–water partition coefficient (Wildman–Crippen LogP) is 6.46. The summed E-state index contributed by atoms with van der Waals surface area (Å²) in [7, 11) is 0. The number of benzene rings is 2. The van der Waals surface area contributed by atoms with Crippen molar-refractivity contribution >= 4 is 38.6 Å². The number of aromatic nitrogens is 1. The van der Waals surface area contributed by atoms with Gasteiger partial charge in [-0.3, -0.25) is 14.9 Å². The van der Waals surface area contributed by atoms with Crippen molar-refractivity contribution in [3.05, 3.63) is 63.4 Å². The van der Waals surface area contributed by atoms with Crippen LogP contribution in [0.3, 0.4) is 0 Å². The van der Waals surface area contributed by atoms with E-state index in [1.807, 2.05) is 25.1 Å². The minimum Gasteiger partial charge on any atom is -0.511 e. The van der Waals surface area contributed by atoms with Gasteiger partial charge >= 0.3 is 0 Å². The Balaban J connectivity index is 1.36. The second-order valence-electron chi connectivity index (χ2n) is 9.51. The summed E-state index contributed by atoms with van der Waals surface area (Å²) in [4.78, 5) is 28.6. The molecule has 8 heteroatoms. The molecule has 2 bridgehead atoms. The maximum absolute atomic E-state index is 13.6. The van der Waals surface area contributed by atoms with Gasteiger partial charge < -0.3 is 9.84 Å². The lowest BCUT2D eigenvalue weighted by Crippen LogP contribution is -2.41. The number of hydrogen-bond acceptors (Lipinski definition) is 7. The van der Waals surface area contributed by atoms with Crippen LogP contribution in [0.25, 0.3) is 15.8 Å². The molecule has 34 heavy (non-hydrogen) atoms. The smallest absolute Gasteiger partial charge is 0.279 e. The van der Waals surface area contributed by atoms with Crippen molar-refractivity contribution in [3.63, 3.8) is 0 Å². The van der Waals surface area contributed by atoms with Gasteiger partial charge in [-0.05, 0) is 73.3 Å². The molecule has 4 aliphatic rings. The molecule has 1 N–H and O–H groups in total. The fraction of sp³-hybridized carbons (Fsp3) is 0.385. The number of aliphatic hydroxyl groups excluding tert-OH is 1. The molecule has 0 aliphatic heterocycles. The molecule has 0 saturated heterocycles. The van der Waals surface area contributed by atoms with Gasteiger partial charge in [0.15, 0.2) is 5.78 Å². The first-order chi connectivity index (χ1) is 16.4. The first-order valence-electron chi connectivity index (χ1n) is 11.8. The fourth-order valence-corrected chi connectivity index (χ4v) is 7.13. The van der Waals surface area contributed by atoms with Crippen molar-refractivity contribution in [2.75, 3.05) is 0 Å². The molecular formula is C26H24N2O5S. The second kappa shape index (κ2) is 7.91. The summed E-state index contributed by atoms with van der Waals surface area (Å²) in [5.41, 5.74) is 2.84. The first kappa shape index (κ1) is 21.3. The van der Waals surface area contributed by atoms with Crippen molar-refractivity contribution in [1.29, 1.82) is 0 Å². The molecule has 1 heterocycles. The molecule has 174 valence electrons. The molecule has 2 aromatic carbocycles. The summed E-state index contributed by atoms with van der Waals surface area (Å²) in [6.07, 6.45) is 5.08. The number of rotatable bonds is 5. The number of thiazole rings is 1. The molecule has 3 aromatic rings. The Labute approximate surface area is 200 Å². The Bertz CT molecular complexity index is 1370. The van der Waals surface area contributed by atoms with Gasteiger partial charge in [0.1, 0.15) is 11.5 Å². The Morgan fingerprint density at radius 1 is 1.12 bits per heavy atom. The molecule has 7 rings (SSSR count). The molecule has 4 aliphatic carbocycles. The number of Topliss-reactive ketones (excluding diaryl/α,β-unsaturated/α-hetero) is 1. The monoisotopic (exact) mass is 476 g/mol. The van der Waals surface area contributed by atoms with Crippen LogP contribution in [0.4, 0.5) is 5.69 Å². The number of allylic oxidation sites excluding steroid dienone is 2. The Hall–Kier alpha value is -3.26. The maximum Gasteiger partial charge on any atom is 0.279 e. The summed E-state index contributed by atoms with van der Waals surface area (Å²) < 4.78 is 6.70. The van der Waals surface area contributed by atoms with E-state index in [9.17, 15) is 20.0 Å². The summed E-state index contributed by atoms with van der Waals surface area (Å²) in [5, 5.41) is 22.7. The SMILES string of the molecule is CCc1ccc(Oc2nc3ccc([N+](=O)[O-])cc3s2)cc1C1=C(O)C2C(C1=O)[C@H]1CC[C@@H]2CC1. The number of aryl methyl sites for hydroxylation is 1. The lowest BCUT2D eigenvalue weighted by atomic mass is 9.59. The van der Waals surface area contributed by atoms with Crippen molar-refractivity contribution in [2.24, 2.45) is 23.7 Å². The number of nitro benzene ring substituents is 1. The number of ether oxygens (including phenoxy) is 1. The van der Waals surface area contributed by atoms with Crippen LogP contribution < -0.4 is 4.74 Å². The molecule has 1 aromatic heterocycles. The topological polar surface area (TPSA) is 103 Å². The van der Waals surface area contributed by atoms with Gasteiger partial charge in [0, 0.05) is 24.0 Å². The number of aliphatic hydroxyl groups is 1. The summed E-state index contributed by atoms with van der Waals surface area (Å²) in [6.45, 7) is 2.04. The average molecular weight is 477 g/mol. The van der Waals surface area contributed by atoms with E-state index in [1.54, 1.807) is 6.07 Å². The highest BCUT2D eigenvalue weighted by Gasteiger charge is 2.54. The van der Waals surface area contributed by atoms with Gasteiger partial charge in [-0.1, -0.05) is 24.3 Å². The Kier molecular flexibility index (Phi) is 4.95. The molecule has 2 unspecified atom stereocenters. The first-order valence-corrected chi connectivity index (χ1v) is 12.6. The van der Waals surface area contributed by atoms with Crippen LogP contribution in [-0.4, -0.2) is 20.8 Å². The van der Waals surface area contributed by atoms with Crippen LogP contribution in [0.2, 0.25) is 0 Å². The normalized spacial score (nSPS) is 25.7. The van der Waals surface area contributed by atoms with Crippen LogP contribution in [-0.2, 0) is 11.2 Å². The number of ketones is 1. The van der Waals surface area contributed by atoms with Crippen LogP contribution >= 0.6 is 11.3 Å². The average Bonchev–Trinajstić information content (AvgIpc) is 3.37. The molecule has 0 amide bonds. The molecule has 0 radical (unpaired) electrons. The molecular weight excluding hydrogens is 452 g/mol. The van der Waals surface area contributed by atoms with Gasteiger partial charge in [0.2, 0.25) is 0 Å². The van der Waals surface area contributed by atoms with Gasteiger partial charge in [0.25, 0.3) is 10.9 Å². The van der Waals surface area contributed by atoms with E-state index in [-0.39, 0.29) is 29.1 Å². The van der Waals surface area contributed by atoms with Gasteiger partial charge in [-0.15, -0.1) is 0 Å². The fourth-order valence-electron chi connectivity index (χ4n) is 6.26. The third-order valence-electron chi connectivity index (χ3n) is 7.84.